The molecular formula is C54H32N2O2. The molecule has 0 radical (unpaired) electrons. The third-order valence-corrected chi connectivity index (χ3v) is 12.1. The molecule has 0 saturated heterocycles. The minimum absolute atomic E-state index is 0.900. The second-order valence-electron chi connectivity index (χ2n) is 15.3. The first-order valence-corrected chi connectivity index (χ1v) is 19.8. The number of rotatable bonds is 4. The maximum absolute atomic E-state index is 7.21. The van der Waals surface area contributed by atoms with E-state index in [1.54, 1.807) is 0 Å². The summed E-state index contributed by atoms with van der Waals surface area (Å²) in [5.74, 6) is 0. The summed E-state index contributed by atoms with van der Waals surface area (Å²) in [5.41, 5.74) is 15.0. The number of aromatic nitrogens is 2. The first-order chi connectivity index (χ1) is 28.8. The maximum atomic E-state index is 7.21. The first-order valence-electron chi connectivity index (χ1n) is 19.8. The summed E-state index contributed by atoms with van der Waals surface area (Å²) in [4.78, 5) is 0. The van der Waals surface area contributed by atoms with Crippen LogP contribution in [-0.4, -0.2) is 9.13 Å². The minimum Gasteiger partial charge on any atom is -0.456 e. The number of benzene rings is 9. The van der Waals surface area contributed by atoms with Crippen molar-refractivity contribution in [3.05, 3.63) is 194 Å². The van der Waals surface area contributed by atoms with Crippen molar-refractivity contribution in [1.29, 1.82) is 0 Å². The molecule has 0 fully saturated rings. The van der Waals surface area contributed by atoms with Gasteiger partial charge in [0.2, 0.25) is 0 Å². The van der Waals surface area contributed by atoms with Crippen LogP contribution in [-0.2, 0) is 0 Å². The lowest BCUT2D eigenvalue weighted by Gasteiger charge is -2.10. The van der Waals surface area contributed by atoms with Crippen LogP contribution in [0.2, 0.25) is 0 Å². The van der Waals surface area contributed by atoms with Gasteiger partial charge in [0.05, 0.1) is 32.8 Å². The van der Waals surface area contributed by atoms with Gasteiger partial charge in [0.15, 0.2) is 0 Å². The summed E-state index contributed by atoms with van der Waals surface area (Å²) in [6.07, 6.45) is 0. The van der Waals surface area contributed by atoms with Crippen LogP contribution in [0.5, 0.6) is 0 Å². The van der Waals surface area contributed by atoms with Gasteiger partial charge in [-0.3, -0.25) is 0 Å². The van der Waals surface area contributed by atoms with Crippen molar-refractivity contribution in [2.24, 2.45) is 0 Å². The molecule has 0 atom stereocenters. The summed E-state index contributed by atoms with van der Waals surface area (Å²) in [6, 6.07) is 69.4. The molecule has 0 aliphatic heterocycles. The summed E-state index contributed by atoms with van der Waals surface area (Å²) in [5, 5.41) is 9.07. The Morgan fingerprint density at radius 3 is 1.41 bits per heavy atom. The van der Waals surface area contributed by atoms with Gasteiger partial charge in [0, 0.05) is 43.7 Å². The number of para-hydroxylation sites is 3. The van der Waals surface area contributed by atoms with E-state index in [1.165, 1.54) is 16.5 Å². The second-order valence-corrected chi connectivity index (χ2v) is 15.3. The van der Waals surface area contributed by atoms with Crippen LogP contribution >= 0.6 is 0 Å². The molecule has 13 aromatic rings. The smallest absolute Gasteiger partial charge is 0.145 e. The van der Waals surface area contributed by atoms with Crippen LogP contribution < -0.4 is 0 Å². The molecule has 0 aliphatic rings. The Hall–Kier alpha value is -7.82. The molecule has 9 aromatic carbocycles. The van der Waals surface area contributed by atoms with E-state index in [-0.39, 0.29) is 0 Å². The van der Waals surface area contributed by atoms with Crippen LogP contribution in [0.25, 0.3) is 121 Å². The average Bonchev–Trinajstić information content (AvgIpc) is 4.04. The Bertz CT molecular complexity index is 3800. The lowest BCUT2D eigenvalue weighted by molar-refractivity contribution is 0.669. The molecule has 4 nitrogen and oxygen atoms in total. The van der Waals surface area contributed by atoms with Crippen LogP contribution in [0, 0.1) is 0 Å². The number of fused-ring (bicyclic) bond motifs is 14. The topological polar surface area (TPSA) is 36.1 Å². The zero-order valence-electron chi connectivity index (χ0n) is 31.2. The number of hydrogen-bond acceptors (Lipinski definition) is 2. The van der Waals surface area contributed by atoms with Gasteiger partial charge in [-0.2, -0.15) is 0 Å². The molecule has 4 heteroatoms. The Morgan fingerprint density at radius 1 is 0.276 bits per heavy atom. The van der Waals surface area contributed by atoms with Crippen LogP contribution in [0.4, 0.5) is 0 Å². The van der Waals surface area contributed by atoms with Crippen LogP contribution in [0.1, 0.15) is 0 Å². The monoisotopic (exact) mass is 740 g/mol. The van der Waals surface area contributed by atoms with Gasteiger partial charge in [-0.15, -0.1) is 0 Å². The fourth-order valence-corrected chi connectivity index (χ4v) is 9.54. The normalized spacial score (nSPS) is 12.1. The van der Waals surface area contributed by atoms with Crippen molar-refractivity contribution < 1.29 is 8.83 Å². The second kappa shape index (κ2) is 11.8. The average molecular weight is 741 g/mol. The molecule has 0 spiro atoms. The van der Waals surface area contributed by atoms with Gasteiger partial charge in [0.25, 0.3) is 0 Å². The molecule has 13 rings (SSSR count). The summed E-state index contributed by atoms with van der Waals surface area (Å²) >= 11 is 0. The van der Waals surface area contributed by atoms with Crippen molar-refractivity contribution in [3.63, 3.8) is 0 Å². The molecule has 0 amide bonds. The summed E-state index contributed by atoms with van der Waals surface area (Å²) < 4.78 is 18.1. The number of nitrogens with zero attached hydrogens (tertiary/aromatic N) is 2. The third-order valence-electron chi connectivity index (χ3n) is 12.1. The van der Waals surface area contributed by atoms with E-state index in [0.717, 1.165) is 105 Å². The Kier molecular flexibility index (Phi) is 6.41. The Balaban J connectivity index is 1.03. The van der Waals surface area contributed by atoms with Crippen molar-refractivity contribution in [2.45, 2.75) is 0 Å². The van der Waals surface area contributed by atoms with E-state index in [2.05, 4.69) is 191 Å². The standard InChI is InChI=1S/C54H32N2O2/c1-2-12-33(13-3-1)34-14-10-16-37(30-34)55-45-21-7-4-19-42(45)51-47(55)27-25-40-41-26-28-48-52(54(41)58-53(40)51)43-20-5-8-22-46(43)56(48)38-17-11-15-35(31-38)36-24-29-50-44(32-36)39-18-6-9-23-49(39)57-50/h1-32H. The zero-order chi connectivity index (χ0) is 37.9. The molecule has 58 heavy (non-hydrogen) atoms. The lowest BCUT2D eigenvalue weighted by atomic mass is 10.0. The van der Waals surface area contributed by atoms with Gasteiger partial charge in [-0.1, -0.05) is 115 Å². The van der Waals surface area contributed by atoms with Gasteiger partial charge < -0.3 is 18.0 Å². The summed E-state index contributed by atoms with van der Waals surface area (Å²) in [7, 11) is 0. The number of hydrogen-bond donors (Lipinski definition) is 0. The molecule has 270 valence electrons. The zero-order valence-corrected chi connectivity index (χ0v) is 31.2. The first kappa shape index (κ1) is 31.4. The van der Waals surface area contributed by atoms with Crippen molar-refractivity contribution in [2.75, 3.05) is 0 Å². The molecule has 0 bridgehead atoms. The molecular weight excluding hydrogens is 709 g/mol. The Morgan fingerprint density at radius 2 is 0.776 bits per heavy atom. The fourth-order valence-electron chi connectivity index (χ4n) is 9.54. The molecule has 0 N–H and O–H groups in total. The van der Waals surface area contributed by atoms with E-state index in [9.17, 15) is 0 Å². The van der Waals surface area contributed by atoms with Crippen LogP contribution in [0.3, 0.4) is 0 Å². The summed E-state index contributed by atoms with van der Waals surface area (Å²) in [6.45, 7) is 0. The minimum atomic E-state index is 0.900. The predicted molar refractivity (Wildman–Crippen MR) is 241 cm³/mol. The van der Waals surface area contributed by atoms with E-state index < -0.39 is 0 Å². The highest BCUT2D eigenvalue weighted by Gasteiger charge is 2.23. The maximum Gasteiger partial charge on any atom is 0.145 e. The molecule has 0 unspecified atom stereocenters. The highest BCUT2D eigenvalue weighted by Crippen LogP contribution is 2.45. The largest absolute Gasteiger partial charge is 0.456 e. The third kappa shape index (κ3) is 4.40. The van der Waals surface area contributed by atoms with E-state index in [4.69, 9.17) is 8.83 Å². The molecule has 0 saturated carbocycles. The van der Waals surface area contributed by atoms with Crippen molar-refractivity contribution >= 4 is 87.5 Å². The Labute approximate surface area is 332 Å². The van der Waals surface area contributed by atoms with E-state index in [0.29, 0.717) is 0 Å². The van der Waals surface area contributed by atoms with Crippen molar-refractivity contribution in [3.8, 4) is 33.6 Å². The van der Waals surface area contributed by atoms with Crippen LogP contribution in [0.15, 0.2) is 203 Å². The van der Waals surface area contributed by atoms with Gasteiger partial charge in [-0.05, 0) is 101 Å². The fraction of sp³-hybridized carbons (Fsp3) is 0. The molecule has 4 aromatic heterocycles. The highest BCUT2D eigenvalue weighted by atomic mass is 16.3. The van der Waals surface area contributed by atoms with Gasteiger partial charge in [-0.25, -0.2) is 0 Å². The predicted octanol–water partition coefficient (Wildman–Crippen LogP) is 15.0. The van der Waals surface area contributed by atoms with Crippen molar-refractivity contribution in [1.82, 2.24) is 9.13 Å². The highest BCUT2D eigenvalue weighted by molar-refractivity contribution is 6.29. The van der Waals surface area contributed by atoms with Gasteiger partial charge >= 0.3 is 0 Å². The van der Waals surface area contributed by atoms with E-state index in [1.807, 2.05) is 12.1 Å². The quantitative estimate of drug-likeness (QED) is 0.180. The van der Waals surface area contributed by atoms with Gasteiger partial charge in [0.1, 0.15) is 22.3 Å². The molecule has 0 aliphatic carbocycles. The lowest BCUT2D eigenvalue weighted by Crippen LogP contribution is -1.94. The SMILES string of the molecule is c1ccc(-c2cccc(-n3c4ccccc4c4c5oc6c(ccc7c6c6ccccc6n7-c6cccc(-c7ccc8oc9ccccc9c8c7)c6)c5ccc43)c2)cc1. The molecule has 4 heterocycles. The number of furan rings is 2. The van der Waals surface area contributed by atoms with E-state index >= 15 is 0 Å².